The van der Waals surface area contributed by atoms with Gasteiger partial charge < -0.3 is 14.2 Å². The third-order valence-electron chi connectivity index (χ3n) is 4.73. The molecule has 0 aliphatic heterocycles. The highest BCUT2D eigenvalue weighted by atomic mass is 16.6. The number of fused-ring (bicyclic) bond motifs is 1. The van der Waals surface area contributed by atoms with Crippen LogP contribution in [0.25, 0.3) is 22.3 Å². The molecule has 0 aliphatic rings. The minimum Gasteiger partial charge on any atom is -0.493 e. The summed E-state index contributed by atoms with van der Waals surface area (Å²) in [6.45, 7) is 0. The SMILES string of the molecule is COc1ccc(Oc2nc3cc([N+](=O)[O-])cc([N+](=O)[O-])c3nc2-c2ccccc2)cc1OC. The Bertz CT molecular complexity index is 1380. The van der Waals surface area contributed by atoms with E-state index in [1.54, 1.807) is 48.5 Å². The predicted molar refractivity (Wildman–Crippen MR) is 118 cm³/mol. The van der Waals surface area contributed by atoms with Crippen LogP contribution in [-0.2, 0) is 0 Å². The van der Waals surface area contributed by atoms with Crippen LogP contribution in [0.5, 0.6) is 23.1 Å². The first-order valence-corrected chi connectivity index (χ1v) is 9.51. The van der Waals surface area contributed by atoms with Gasteiger partial charge in [0.2, 0.25) is 5.88 Å². The van der Waals surface area contributed by atoms with Crippen molar-refractivity contribution in [2.75, 3.05) is 14.2 Å². The first kappa shape index (κ1) is 21.4. The molecule has 0 N–H and O–H groups in total. The van der Waals surface area contributed by atoms with E-state index in [4.69, 9.17) is 14.2 Å². The zero-order valence-electron chi connectivity index (χ0n) is 17.4. The number of benzene rings is 3. The Kier molecular flexibility index (Phi) is 5.68. The number of nitro benzene ring substituents is 2. The average molecular weight is 448 g/mol. The molecule has 4 rings (SSSR count). The van der Waals surface area contributed by atoms with Gasteiger partial charge in [-0.1, -0.05) is 30.3 Å². The van der Waals surface area contributed by atoms with Gasteiger partial charge in [0, 0.05) is 17.7 Å². The summed E-state index contributed by atoms with van der Waals surface area (Å²) in [5, 5.41) is 22.9. The summed E-state index contributed by atoms with van der Waals surface area (Å²) < 4.78 is 16.5. The van der Waals surface area contributed by atoms with E-state index in [2.05, 4.69) is 9.97 Å². The Morgan fingerprint density at radius 3 is 2.18 bits per heavy atom. The van der Waals surface area contributed by atoms with Crippen molar-refractivity contribution < 1.29 is 24.1 Å². The molecule has 0 atom stereocenters. The molecule has 33 heavy (non-hydrogen) atoms. The van der Waals surface area contributed by atoms with E-state index >= 15 is 0 Å². The molecule has 0 fully saturated rings. The molecule has 0 amide bonds. The molecule has 0 radical (unpaired) electrons. The molecule has 3 aromatic carbocycles. The molecular weight excluding hydrogens is 432 g/mol. The molecule has 0 bridgehead atoms. The average Bonchev–Trinajstić information content (AvgIpc) is 2.83. The lowest BCUT2D eigenvalue weighted by Gasteiger charge is -2.13. The molecule has 11 nitrogen and oxygen atoms in total. The number of methoxy groups -OCH3 is 2. The summed E-state index contributed by atoms with van der Waals surface area (Å²) in [6.07, 6.45) is 0. The van der Waals surface area contributed by atoms with Crippen LogP contribution < -0.4 is 14.2 Å². The van der Waals surface area contributed by atoms with Gasteiger partial charge in [0.15, 0.2) is 17.0 Å². The standard InChI is InChI=1S/C22H16N4O7/c1-31-18-9-8-15(12-19(18)32-2)33-22-20(13-6-4-3-5-7-13)24-21-16(23-22)10-14(25(27)28)11-17(21)26(29)30/h3-12H,1-2H3. The van der Waals surface area contributed by atoms with E-state index in [0.29, 0.717) is 22.8 Å². The lowest BCUT2D eigenvalue weighted by Crippen LogP contribution is -2.01. The molecule has 166 valence electrons. The maximum absolute atomic E-state index is 11.6. The fraction of sp³-hybridized carbons (Fsp3) is 0.0909. The zero-order valence-corrected chi connectivity index (χ0v) is 17.4. The highest BCUT2D eigenvalue weighted by Crippen LogP contribution is 2.38. The number of nitrogens with zero attached hydrogens (tertiary/aromatic N) is 4. The van der Waals surface area contributed by atoms with Crippen LogP contribution in [0.2, 0.25) is 0 Å². The Morgan fingerprint density at radius 1 is 0.818 bits per heavy atom. The third-order valence-corrected chi connectivity index (χ3v) is 4.73. The highest BCUT2D eigenvalue weighted by molar-refractivity contribution is 5.89. The summed E-state index contributed by atoms with van der Waals surface area (Å²) in [7, 11) is 2.98. The van der Waals surface area contributed by atoms with Crippen molar-refractivity contribution in [2.24, 2.45) is 0 Å². The van der Waals surface area contributed by atoms with Crippen molar-refractivity contribution in [2.45, 2.75) is 0 Å². The number of hydrogen-bond donors (Lipinski definition) is 0. The van der Waals surface area contributed by atoms with Crippen molar-refractivity contribution in [1.29, 1.82) is 0 Å². The fourth-order valence-electron chi connectivity index (χ4n) is 3.20. The van der Waals surface area contributed by atoms with Gasteiger partial charge in [-0.3, -0.25) is 20.2 Å². The van der Waals surface area contributed by atoms with Crippen LogP contribution in [-0.4, -0.2) is 34.0 Å². The summed E-state index contributed by atoms with van der Waals surface area (Å²) in [5.41, 5.74) is -0.324. The monoisotopic (exact) mass is 448 g/mol. The summed E-state index contributed by atoms with van der Waals surface area (Å²) in [6, 6.07) is 15.7. The summed E-state index contributed by atoms with van der Waals surface area (Å²) in [5.74, 6) is 1.24. The van der Waals surface area contributed by atoms with Gasteiger partial charge in [-0.2, -0.15) is 0 Å². The van der Waals surface area contributed by atoms with Gasteiger partial charge in [0.05, 0.1) is 30.1 Å². The molecule has 0 spiro atoms. The first-order chi connectivity index (χ1) is 15.9. The van der Waals surface area contributed by atoms with Gasteiger partial charge in [0.1, 0.15) is 17.0 Å². The second kappa shape index (κ2) is 8.75. The Labute approximate surface area is 186 Å². The van der Waals surface area contributed by atoms with E-state index in [9.17, 15) is 20.2 Å². The second-order valence-corrected chi connectivity index (χ2v) is 6.71. The van der Waals surface area contributed by atoms with Crippen LogP contribution in [0.4, 0.5) is 11.4 Å². The number of ether oxygens (including phenoxy) is 3. The van der Waals surface area contributed by atoms with Crippen LogP contribution in [0.3, 0.4) is 0 Å². The number of aromatic nitrogens is 2. The number of rotatable bonds is 7. The molecule has 11 heteroatoms. The Morgan fingerprint density at radius 2 is 1.55 bits per heavy atom. The largest absolute Gasteiger partial charge is 0.493 e. The third kappa shape index (κ3) is 4.19. The molecule has 1 aromatic heterocycles. The van der Waals surface area contributed by atoms with Crippen LogP contribution >= 0.6 is 0 Å². The van der Waals surface area contributed by atoms with Gasteiger partial charge in [0.25, 0.3) is 5.69 Å². The van der Waals surface area contributed by atoms with Gasteiger partial charge in [-0.15, -0.1) is 0 Å². The zero-order chi connectivity index (χ0) is 23.5. The van der Waals surface area contributed by atoms with E-state index in [0.717, 1.165) is 12.1 Å². The lowest BCUT2D eigenvalue weighted by molar-refractivity contribution is -0.393. The normalized spacial score (nSPS) is 10.6. The van der Waals surface area contributed by atoms with Crippen molar-refractivity contribution in [1.82, 2.24) is 9.97 Å². The quantitative estimate of drug-likeness (QED) is 0.284. The minimum atomic E-state index is -0.729. The molecule has 4 aromatic rings. The van der Waals surface area contributed by atoms with Gasteiger partial charge >= 0.3 is 5.69 Å². The number of hydrogen-bond acceptors (Lipinski definition) is 9. The summed E-state index contributed by atoms with van der Waals surface area (Å²) >= 11 is 0. The number of nitro groups is 2. The van der Waals surface area contributed by atoms with E-state index in [1.807, 2.05) is 0 Å². The van der Waals surface area contributed by atoms with Crippen LogP contribution in [0.1, 0.15) is 0 Å². The van der Waals surface area contributed by atoms with Crippen molar-refractivity contribution in [3.05, 3.63) is 80.9 Å². The minimum absolute atomic E-state index is 0.00992. The predicted octanol–water partition coefficient (Wildman–Crippen LogP) is 4.92. The Hall–Kier alpha value is -4.80. The van der Waals surface area contributed by atoms with E-state index in [1.165, 1.54) is 14.2 Å². The molecular formula is C22H16N4O7. The molecule has 0 saturated carbocycles. The van der Waals surface area contributed by atoms with Gasteiger partial charge in [-0.25, -0.2) is 9.97 Å². The van der Waals surface area contributed by atoms with Crippen LogP contribution in [0, 0.1) is 20.2 Å². The maximum atomic E-state index is 11.6. The van der Waals surface area contributed by atoms with Gasteiger partial charge in [-0.05, 0) is 12.1 Å². The maximum Gasteiger partial charge on any atom is 0.303 e. The van der Waals surface area contributed by atoms with E-state index < -0.39 is 21.2 Å². The molecule has 0 unspecified atom stereocenters. The molecule has 1 heterocycles. The van der Waals surface area contributed by atoms with Crippen molar-refractivity contribution in [3.63, 3.8) is 0 Å². The van der Waals surface area contributed by atoms with Crippen molar-refractivity contribution >= 4 is 22.4 Å². The summed E-state index contributed by atoms with van der Waals surface area (Å²) in [4.78, 5) is 30.2. The smallest absolute Gasteiger partial charge is 0.303 e. The fourth-order valence-corrected chi connectivity index (χ4v) is 3.20. The first-order valence-electron chi connectivity index (χ1n) is 9.51. The number of non-ortho nitro benzene ring substituents is 2. The topological polar surface area (TPSA) is 140 Å². The second-order valence-electron chi connectivity index (χ2n) is 6.71. The highest BCUT2D eigenvalue weighted by Gasteiger charge is 2.24. The lowest BCUT2D eigenvalue weighted by atomic mass is 10.1. The Balaban J connectivity index is 1.95. The molecule has 0 aliphatic carbocycles. The molecule has 0 saturated heterocycles. The van der Waals surface area contributed by atoms with Crippen LogP contribution in [0.15, 0.2) is 60.7 Å². The van der Waals surface area contributed by atoms with Crippen molar-refractivity contribution in [3.8, 4) is 34.4 Å². The van der Waals surface area contributed by atoms with E-state index in [-0.39, 0.29) is 22.6 Å².